The molecule has 0 saturated carbocycles. The maximum absolute atomic E-state index is 12.1. The summed E-state index contributed by atoms with van der Waals surface area (Å²) < 4.78 is 26.5. The third kappa shape index (κ3) is 2.89. The number of nitrogens with one attached hydrogen (secondary N) is 2. The molecule has 0 radical (unpaired) electrons. The number of benzene rings is 1. The quantitative estimate of drug-likeness (QED) is 0.492. The molecule has 1 fully saturated rings. The lowest BCUT2D eigenvalue weighted by atomic mass is 10.2. The van der Waals surface area contributed by atoms with Gasteiger partial charge in [0.05, 0.1) is 17.1 Å². The molecule has 19 heavy (non-hydrogen) atoms. The van der Waals surface area contributed by atoms with Gasteiger partial charge in [-0.2, -0.15) is 0 Å². The lowest BCUT2D eigenvalue weighted by Gasteiger charge is -2.15. The molecule has 104 valence electrons. The molecule has 0 aromatic heterocycles. The van der Waals surface area contributed by atoms with Gasteiger partial charge < -0.3 is 10.4 Å². The Morgan fingerprint density at radius 3 is 2.63 bits per heavy atom. The standard InChI is InChI=1S/C10H13N3O5S/c14-9-6-11-5-7(9)12-19(17,18)10-4-2-1-3-8(10)13(15)16/h1-4,7,9,11-12,14H,5-6H2/t7-,9-/m1/s1. The van der Waals surface area contributed by atoms with Crippen LogP contribution >= 0.6 is 0 Å². The molecule has 0 bridgehead atoms. The van der Waals surface area contributed by atoms with Gasteiger partial charge in [0.1, 0.15) is 0 Å². The number of β-amino-alcohol motifs (C(OH)–C–C–N with tert-alkyl or cyclic N) is 1. The van der Waals surface area contributed by atoms with E-state index >= 15 is 0 Å². The lowest BCUT2D eigenvalue weighted by Crippen LogP contribution is -2.42. The average Bonchev–Trinajstić information content (AvgIpc) is 2.74. The number of aliphatic hydroxyl groups excluding tert-OH is 1. The highest BCUT2D eigenvalue weighted by molar-refractivity contribution is 7.89. The van der Waals surface area contributed by atoms with Gasteiger partial charge in [-0.15, -0.1) is 0 Å². The Morgan fingerprint density at radius 1 is 1.37 bits per heavy atom. The number of rotatable bonds is 4. The van der Waals surface area contributed by atoms with Gasteiger partial charge >= 0.3 is 0 Å². The summed E-state index contributed by atoms with van der Waals surface area (Å²) in [6.07, 6.45) is -0.849. The van der Waals surface area contributed by atoms with Gasteiger partial charge in [-0.3, -0.25) is 10.1 Å². The van der Waals surface area contributed by atoms with Crippen LogP contribution in [0.2, 0.25) is 0 Å². The van der Waals surface area contributed by atoms with Crippen LogP contribution in [0.1, 0.15) is 0 Å². The number of hydrogen-bond acceptors (Lipinski definition) is 6. The van der Waals surface area contributed by atoms with E-state index in [0.717, 1.165) is 12.1 Å². The van der Waals surface area contributed by atoms with Crippen molar-refractivity contribution in [1.82, 2.24) is 10.0 Å². The summed E-state index contributed by atoms with van der Waals surface area (Å²) in [4.78, 5) is 9.67. The molecule has 1 saturated heterocycles. The fraction of sp³-hybridized carbons (Fsp3) is 0.400. The number of nitro benzene ring substituents is 1. The molecular weight excluding hydrogens is 274 g/mol. The molecule has 9 heteroatoms. The number of hydrogen-bond donors (Lipinski definition) is 3. The third-order valence-electron chi connectivity index (χ3n) is 2.84. The van der Waals surface area contributed by atoms with E-state index in [1.165, 1.54) is 12.1 Å². The molecule has 3 N–H and O–H groups in total. The second-order valence-corrected chi connectivity index (χ2v) is 5.86. The first-order valence-electron chi connectivity index (χ1n) is 5.56. The summed E-state index contributed by atoms with van der Waals surface area (Å²) in [7, 11) is -4.04. The maximum atomic E-state index is 12.1. The molecule has 1 aromatic carbocycles. The third-order valence-corrected chi connectivity index (χ3v) is 4.38. The minimum absolute atomic E-state index is 0.279. The number of aliphatic hydroxyl groups is 1. The molecule has 2 atom stereocenters. The van der Waals surface area contributed by atoms with E-state index in [4.69, 9.17) is 0 Å². The Labute approximate surface area is 109 Å². The SMILES string of the molecule is O=[N+]([O-])c1ccccc1S(=O)(=O)N[C@@H]1CNC[C@H]1O. The predicted molar refractivity (Wildman–Crippen MR) is 66.1 cm³/mol. The van der Waals surface area contributed by atoms with Gasteiger partial charge in [0.25, 0.3) is 5.69 Å². The topological polar surface area (TPSA) is 122 Å². The molecule has 1 heterocycles. The van der Waals surface area contributed by atoms with Crippen molar-refractivity contribution in [3.63, 3.8) is 0 Å². The highest BCUT2D eigenvalue weighted by Gasteiger charge is 2.32. The Hall–Kier alpha value is -1.55. The van der Waals surface area contributed by atoms with E-state index in [1.807, 2.05) is 0 Å². The summed E-state index contributed by atoms with van der Waals surface area (Å²) in [5, 5.41) is 23.2. The monoisotopic (exact) mass is 287 g/mol. The largest absolute Gasteiger partial charge is 0.390 e. The number of para-hydroxylation sites is 1. The molecule has 0 aliphatic carbocycles. The van der Waals surface area contributed by atoms with Crippen molar-refractivity contribution in [2.75, 3.05) is 13.1 Å². The smallest absolute Gasteiger partial charge is 0.289 e. The van der Waals surface area contributed by atoms with Crippen LogP contribution in [0.25, 0.3) is 0 Å². The first kappa shape index (κ1) is 13.9. The summed E-state index contributed by atoms with van der Waals surface area (Å²) in [5.74, 6) is 0. The molecule has 0 unspecified atom stereocenters. The van der Waals surface area contributed by atoms with Crippen LogP contribution in [0.3, 0.4) is 0 Å². The fourth-order valence-electron chi connectivity index (χ4n) is 1.88. The Kier molecular flexibility index (Phi) is 3.80. The van der Waals surface area contributed by atoms with Crippen LogP contribution in [0, 0.1) is 10.1 Å². The second-order valence-electron chi connectivity index (χ2n) is 4.18. The van der Waals surface area contributed by atoms with E-state index < -0.39 is 37.7 Å². The predicted octanol–water partition coefficient (Wildman–Crippen LogP) is -0.794. The summed E-state index contributed by atoms with van der Waals surface area (Å²) >= 11 is 0. The Balaban J connectivity index is 2.32. The number of sulfonamides is 1. The second kappa shape index (κ2) is 5.21. The number of nitrogens with zero attached hydrogens (tertiary/aromatic N) is 1. The average molecular weight is 287 g/mol. The first-order chi connectivity index (χ1) is 8.92. The van der Waals surface area contributed by atoms with Crippen LogP contribution in [0.5, 0.6) is 0 Å². The van der Waals surface area contributed by atoms with E-state index in [1.54, 1.807) is 0 Å². The first-order valence-corrected chi connectivity index (χ1v) is 7.04. The van der Waals surface area contributed by atoms with E-state index in [-0.39, 0.29) is 13.1 Å². The van der Waals surface area contributed by atoms with Crippen molar-refractivity contribution in [2.45, 2.75) is 17.0 Å². The highest BCUT2D eigenvalue weighted by Crippen LogP contribution is 2.23. The summed E-state index contributed by atoms with van der Waals surface area (Å²) in [6, 6.07) is 4.39. The van der Waals surface area contributed by atoms with Crippen LogP contribution in [-0.4, -0.2) is 43.7 Å². The molecule has 1 aromatic rings. The van der Waals surface area contributed by atoms with Gasteiger partial charge in [-0.05, 0) is 6.07 Å². The number of nitro groups is 1. The maximum Gasteiger partial charge on any atom is 0.289 e. The van der Waals surface area contributed by atoms with Crippen molar-refractivity contribution in [1.29, 1.82) is 0 Å². The Bertz CT molecular complexity index is 589. The zero-order valence-corrected chi connectivity index (χ0v) is 10.6. The van der Waals surface area contributed by atoms with Gasteiger partial charge in [-0.1, -0.05) is 12.1 Å². The zero-order chi connectivity index (χ0) is 14.0. The normalized spacial score (nSPS) is 23.4. The lowest BCUT2D eigenvalue weighted by molar-refractivity contribution is -0.387. The fourth-order valence-corrected chi connectivity index (χ4v) is 3.32. The van der Waals surface area contributed by atoms with Gasteiger partial charge in [0, 0.05) is 19.2 Å². The molecule has 0 amide bonds. The van der Waals surface area contributed by atoms with Gasteiger partial charge in [0.15, 0.2) is 4.90 Å². The van der Waals surface area contributed by atoms with E-state index in [0.29, 0.717) is 0 Å². The zero-order valence-electron chi connectivity index (χ0n) is 9.81. The molecule has 0 spiro atoms. The highest BCUT2D eigenvalue weighted by atomic mass is 32.2. The van der Waals surface area contributed by atoms with Crippen LogP contribution in [0.15, 0.2) is 29.2 Å². The van der Waals surface area contributed by atoms with Gasteiger partial charge in [-0.25, -0.2) is 13.1 Å². The van der Waals surface area contributed by atoms with Crippen LogP contribution in [0.4, 0.5) is 5.69 Å². The minimum Gasteiger partial charge on any atom is -0.390 e. The molecule has 8 nitrogen and oxygen atoms in total. The molecule has 1 aliphatic heterocycles. The van der Waals surface area contributed by atoms with Gasteiger partial charge in [0.2, 0.25) is 10.0 Å². The van der Waals surface area contributed by atoms with Crippen LogP contribution < -0.4 is 10.0 Å². The molecular formula is C10H13N3O5S. The van der Waals surface area contributed by atoms with Crippen molar-refractivity contribution in [3.8, 4) is 0 Å². The van der Waals surface area contributed by atoms with Crippen molar-refractivity contribution < 1.29 is 18.4 Å². The van der Waals surface area contributed by atoms with Crippen LogP contribution in [-0.2, 0) is 10.0 Å². The minimum atomic E-state index is -4.04. The van der Waals surface area contributed by atoms with Crippen molar-refractivity contribution in [3.05, 3.63) is 34.4 Å². The molecule has 2 rings (SSSR count). The molecule has 1 aliphatic rings. The van der Waals surface area contributed by atoms with E-state index in [2.05, 4.69) is 10.0 Å². The van der Waals surface area contributed by atoms with Crippen molar-refractivity contribution >= 4 is 15.7 Å². The Morgan fingerprint density at radius 2 is 2.05 bits per heavy atom. The van der Waals surface area contributed by atoms with Crippen molar-refractivity contribution in [2.24, 2.45) is 0 Å². The van der Waals surface area contributed by atoms with E-state index in [9.17, 15) is 23.6 Å². The summed E-state index contributed by atoms with van der Waals surface area (Å²) in [5.41, 5.74) is -0.490. The summed E-state index contributed by atoms with van der Waals surface area (Å²) in [6.45, 7) is 0.561.